The van der Waals surface area contributed by atoms with E-state index in [1.165, 1.54) is 24.3 Å². The van der Waals surface area contributed by atoms with Gasteiger partial charge in [0.25, 0.3) is 0 Å². The van der Waals surface area contributed by atoms with Crippen molar-refractivity contribution in [2.75, 3.05) is 25.1 Å². The molecule has 1 rings (SSSR count). The van der Waals surface area contributed by atoms with Crippen molar-refractivity contribution in [3.63, 3.8) is 0 Å². The van der Waals surface area contributed by atoms with E-state index in [2.05, 4.69) is 14.8 Å². The highest BCUT2D eigenvalue weighted by molar-refractivity contribution is 7.89. The zero-order valence-corrected chi connectivity index (χ0v) is 11.2. The lowest BCUT2D eigenvalue weighted by Crippen LogP contribution is -2.26. The molecule has 1 amide bonds. The van der Waals surface area contributed by atoms with Crippen LogP contribution >= 0.6 is 0 Å². The second-order valence-corrected chi connectivity index (χ2v) is 5.26. The quantitative estimate of drug-likeness (QED) is 0.708. The van der Waals surface area contributed by atoms with Gasteiger partial charge in [0.1, 0.15) is 0 Å². The van der Waals surface area contributed by atoms with Gasteiger partial charge < -0.3 is 9.84 Å². The highest BCUT2D eigenvalue weighted by Crippen LogP contribution is 2.14. The summed E-state index contributed by atoms with van der Waals surface area (Å²) in [7, 11) is -3.63. The number of aliphatic hydroxyl groups excluding tert-OH is 1. The zero-order valence-electron chi connectivity index (χ0n) is 10.4. The molecule has 0 aromatic heterocycles. The number of carbonyl (C=O) groups is 1. The Balaban J connectivity index is 2.73. The van der Waals surface area contributed by atoms with Crippen LogP contribution in [-0.2, 0) is 14.8 Å². The van der Waals surface area contributed by atoms with Crippen LogP contribution in [-0.4, -0.2) is 39.4 Å². The van der Waals surface area contributed by atoms with Crippen LogP contribution in [0.15, 0.2) is 29.2 Å². The smallest absolute Gasteiger partial charge is 0.411 e. The number of hydrogen-bond acceptors (Lipinski definition) is 5. The van der Waals surface area contributed by atoms with Crippen LogP contribution in [0.1, 0.15) is 6.92 Å². The van der Waals surface area contributed by atoms with E-state index in [1.54, 1.807) is 6.92 Å². The van der Waals surface area contributed by atoms with Crippen molar-refractivity contribution in [1.29, 1.82) is 0 Å². The maximum Gasteiger partial charge on any atom is 0.411 e. The fourth-order valence-electron chi connectivity index (χ4n) is 1.27. The van der Waals surface area contributed by atoms with E-state index in [1.807, 2.05) is 0 Å². The molecule has 0 radical (unpaired) electrons. The van der Waals surface area contributed by atoms with Crippen molar-refractivity contribution in [3.8, 4) is 0 Å². The molecule has 7 nitrogen and oxygen atoms in total. The van der Waals surface area contributed by atoms with Crippen LogP contribution in [0.4, 0.5) is 10.5 Å². The lowest BCUT2D eigenvalue weighted by Gasteiger charge is -2.07. The van der Waals surface area contributed by atoms with E-state index < -0.39 is 16.1 Å². The van der Waals surface area contributed by atoms with E-state index in [0.717, 1.165) is 0 Å². The highest BCUT2D eigenvalue weighted by Gasteiger charge is 2.13. The van der Waals surface area contributed by atoms with E-state index >= 15 is 0 Å². The van der Waals surface area contributed by atoms with Crippen LogP contribution < -0.4 is 10.0 Å². The second kappa shape index (κ2) is 7.07. The first kappa shape index (κ1) is 15.4. The average Bonchev–Trinajstić information content (AvgIpc) is 2.37. The number of anilines is 1. The standard InChI is InChI=1S/C11H16N2O5S/c1-2-18-11(15)13-9-3-5-10(6-4-9)19(16,17)12-7-8-14/h3-6,12,14H,2,7-8H2,1H3,(H,13,15). The Morgan fingerprint density at radius 3 is 2.47 bits per heavy atom. The van der Waals surface area contributed by atoms with Crippen LogP contribution in [0, 0.1) is 0 Å². The molecule has 19 heavy (non-hydrogen) atoms. The summed E-state index contributed by atoms with van der Waals surface area (Å²) in [5.74, 6) is 0. The van der Waals surface area contributed by atoms with Crippen molar-refractivity contribution in [1.82, 2.24) is 4.72 Å². The van der Waals surface area contributed by atoms with Crippen LogP contribution in [0.3, 0.4) is 0 Å². The number of carbonyl (C=O) groups excluding carboxylic acids is 1. The zero-order chi connectivity index (χ0) is 14.3. The molecule has 0 fully saturated rings. The molecule has 0 heterocycles. The number of amides is 1. The van der Waals surface area contributed by atoms with Crippen LogP contribution in [0.2, 0.25) is 0 Å². The van der Waals surface area contributed by atoms with Gasteiger partial charge in [0, 0.05) is 12.2 Å². The minimum atomic E-state index is -3.63. The maximum atomic E-state index is 11.7. The van der Waals surface area contributed by atoms with Gasteiger partial charge in [-0.05, 0) is 31.2 Å². The lowest BCUT2D eigenvalue weighted by atomic mass is 10.3. The molecule has 0 aliphatic heterocycles. The van der Waals surface area contributed by atoms with Crippen LogP contribution in [0.25, 0.3) is 0 Å². The minimum Gasteiger partial charge on any atom is -0.450 e. The monoisotopic (exact) mass is 288 g/mol. The Kier molecular flexibility index (Phi) is 5.74. The summed E-state index contributed by atoms with van der Waals surface area (Å²) in [5, 5.41) is 11.0. The Hall–Kier alpha value is -1.64. The largest absolute Gasteiger partial charge is 0.450 e. The number of hydrogen-bond donors (Lipinski definition) is 3. The Morgan fingerprint density at radius 1 is 1.32 bits per heavy atom. The summed E-state index contributed by atoms with van der Waals surface area (Å²) in [6, 6.07) is 5.59. The first-order valence-electron chi connectivity index (χ1n) is 5.64. The molecule has 0 atom stereocenters. The predicted molar refractivity (Wildman–Crippen MR) is 69.4 cm³/mol. The van der Waals surface area contributed by atoms with Crippen molar-refractivity contribution >= 4 is 21.8 Å². The summed E-state index contributed by atoms with van der Waals surface area (Å²) in [5.41, 5.74) is 0.430. The molecule has 0 spiro atoms. The SMILES string of the molecule is CCOC(=O)Nc1ccc(S(=O)(=O)NCCO)cc1. The summed E-state index contributed by atoms with van der Waals surface area (Å²) in [6.07, 6.45) is -0.600. The molecule has 0 aliphatic carbocycles. The van der Waals surface area contributed by atoms with Crippen molar-refractivity contribution in [3.05, 3.63) is 24.3 Å². The third-order valence-corrected chi connectivity index (χ3v) is 3.57. The number of aliphatic hydroxyl groups is 1. The second-order valence-electron chi connectivity index (χ2n) is 3.49. The molecular weight excluding hydrogens is 272 g/mol. The Morgan fingerprint density at radius 2 is 1.95 bits per heavy atom. The molecule has 8 heteroatoms. The van der Waals surface area contributed by atoms with Crippen molar-refractivity contribution < 1.29 is 23.1 Å². The number of rotatable bonds is 6. The molecule has 1 aromatic carbocycles. The van der Waals surface area contributed by atoms with Gasteiger partial charge in [-0.15, -0.1) is 0 Å². The van der Waals surface area contributed by atoms with Gasteiger partial charge in [-0.3, -0.25) is 5.32 Å². The predicted octanol–water partition coefficient (Wildman–Crippen LogP) is 0.526. The first-order valence-corrected chi connectivity index (χ1v) is 7.12. The summed E-state index contributed by atoms with van der Waals surface area (Å²) in [6.45, 7) is 1.61. The topological polar surface area (TPSA) is 105 Å². The van der Waals surface area contributed by atoms with Gasteiger partial charge in [0.15, 0.2) is 0 Å². The fraction of sp³-hybridized carbons (Fsp3) is 0.364. The third-order valence-electron chi connectivity index (χ3n) is 2.09. The number of ether oxygens (including phenoxy) is 1. The molecule has 3 N–H and O–H groups in total. The van der Waals surface area contributed by atoms with Gasteiger partial charge in [0.2, 0.25) is 10.0 Å². The van der Waals surface area contributed by atoms with Gasteiger partial charge in [-0.2, -0.15) is 0 Å². The Labute approximate surface area is 111 Å². The molecule has 0 saturated heterocycles. The Bertz CT molecular complexity index is 512. The summed E-state index contributed by atoms with van der Waals surface area (Å²) in [4.78, 5) is 11.2. The molecule has 1 aromatic rings. The normalized spacial score (nSPS) is 11.1. The molecule has 0 aliphatic rings. The first-order chi connectivity index (χ1) is 8.99. The van der Waals surface area contributed by atoms with Gasteiger partial charge in [-0.1, -0.05) is 0 Å². The number of sulfonamides is 1. The summed E-state index contributed by atoms with van der Waals surface area (Å²) < 4.78 is 30.3. The van der Waals surface area contributed by atoms with Crippen molar-refractivity contribution in [2.45, 2.75) is 11.8 Å². The lowest BCUT2D eigenvalue weighted by molar-refractivity contribution is 0.168. The highest BCUT2D eigenvalue weighted by atomic mass is 32.2. The summed E-state index contributed by atoms with van der Waals surface area (Å²) >= 11 is 0. The van der Waals surface area contributed by atoms with Gasteiger partial charge in [-0.25, -0.2) is 17.9 Å². The third kappa shape index (κ3) is 4.86. The fourth-order valence-corrected chi connectivity index (χ4v) is 2.29. The van der Waals surface area contributed by atoms with E-state index in [0.29, 0.717) is 5.69 Å². The van der Waals surface area contributed by atoms with E-state index in [4.69, 9.17) is 5.11 Å². The molecular formula is C11H16N2O5S. The molecule has 0 bridgehead atoms. The van der Waals surface area contributed by atoms with E-state index in [-0.39, 0.29) is 24.7 Å². The van der Waals surface area contributed by atoms with Gasteiger partial charge >= 0.3 is 6.09 Å². The molecule has 0 unspecified atom stereocenters. The minimum absolute atomic E-state index is 0.0504. The molecule has 0 saturated carbocycles. The number of nitrogens with one attached hydrogen (secondary N) is 2. The van der Waals surface area contributed by atoms with Crippen LogP contribution in [0.5, 0.6) is 0 Å². The average molecular weight is 288 g/mol. The van der Waals surface area contributed by atoms with Gasteiger partial charge in [0.05, 0.1) is 18.1 Å². The maximum absolute atomic E-state index is 11.7. The number of benzene rings is 1. The van der Waals surface area contributed by atoms with Crippen molar-refractivity contribution in [2.24, 2.45) is 0 Å². The van der Waals surface area contributed by atoms with E-state index in [9.17, 15) is 13.2 Å². The molecule has 106 valence electrons.